The summed E-state index contributed by atoms with van der Waals surface area (Å²) >= 11 is 0. The maximum Gasteiger partial charge on any atom is 0.310 e. The van der Waals surface area contributed by atoms with E-state index in [1.807, 2.05) is 6.92 Å². The van der Waals surface area contributed by atoms with Crippen LogP contribution in [0.5, 0.6) is 0 Å². The van der Waals surface area contributed by atoms with Gasteiger partial charge in [0, 0.05) is 6.61 Å². The number of ether oxygens (including phenoxy) is 2. The van der Waals surface area contributed by atoms with Gasteiger partial charge < -0.3 is 20.1 Å². The molecular formula is C11H18N2O4. The fraction of sp³-hybridized carbons (Fsp3) is 0.818. The first-order valence-corrected chi connectivity index (χ1v) is 6.05. The lowest BCUT2D eigenvalue weighted by Crippen LogP contribution is -2.48. The molecule has 1 unspecified atom stereocenters. The molecule has 2 saturated heterocycles. The first-order valence-electron chi connectivity index (χ1n) is 6.05. The molecule has 3 atom stereocenters. The highest BCUT2D eigenvalue weighted by Crippen LogP contribution is 2.17. The molecule has 2 aliphatic heterocycles. The van der Waals surface area contributed by atoms with E-state index in [4.69, 9.17) is 9.47 Å². The molecule has 17 heavy (non-hydrogen) atoms. The second-order valence-corrected chi connectivity index (χ2v) is 4.28. The van der Waals surface area contributed by atoms with Gasteiger partial charge in [-0.25, -0.2) is 0 Å². The molecule has 2 heterocycles. The smallest absolute Gasteiger partial charge is 0.310 e. The first kappa shape index (κ1) is 12.3. The van der Waals surface area contributed by atoms with Gasteiger partial charge >= 0.3 is 5.97 Å². The topological polar surface area (TPSA) is 76.7 Å². The van der Waals surface area contributed by atoms with Gasteiger partial charge in [0.15, 0.2) is 0 Å². The van der Waals surface area contributed by atoms with Gasteiger partial charge in [-0.2, -0.15) is 0 Å². The molecule has 0 aromatic heterocycles. The average molecular weight is 242 g/mol. The molecule has 6 nitrogen and oxygen atoms in total. The molecule has 2 fully saturated rings. The first-order chi connectivity index (χ1) is 8.20. The second-order valence-electron chi connectivity index (χ2n) is 4.28. The summed E-state index contributed by atoms with van der Waals surface area (Å²) < 4.78 is 10.3. The van der Waals surface area contributed by atoms with Crippen molar-refractivity contribution >= 4 is 11.9 Å². The number of carbonyl (C=O) groups excluding carboxylic acids is 2. The predicted molar refractivity (Wildman–Crippen MR) is 59.1 cm³/mol. The number of esters is 1. The van der Waals surface area contributed by atoms with E-state index in [9.17, 15) is 9.59 Å². The Morgan fingerprint density at radius 3 is 3.12 bits per heavy atom. The van der Waals surface area contributed by atoms with E-state index in [1.165, 1.54) is 0 Å². The summed E-state index contributed by atoms with van der Waals surface area (Å²) in [6, 6.07) is -0.509. The van der Waals surface area contributed by atoms with E-state index < -0.39 is 6.29 Å². The lowest BCUT2D eigenvalue weighted by molar-refractivity contribution is -0.164. The van der Waals surface area contributed by atoms with Crippen LogP contribution in [0.2, 0.25) is 0 Å². The Kier molecular flexibility index (Phi) is 3.96. The third-order valence-corrected chi connectivity index (χ3v) is 3.00. The Balaban J connectivity index is 1.87. The lowest BCUT2D eigenvalue weighted by atomic mass is 10.2. The van der Waals surface area contributed by atoms with Crippen molar-refractivity contribution in [2.75, 3.05) is 13.2 Å². The van der Waals surface area contributed by atoms with Gasteiger partial charge in [-0.05, 0) is 26.3 Å². The molecule has 0 aromatic rings. The van der Waals surface area contributed by atoms with Crippen LogP contribution in [0, 0.1) is 0 Å². The normalized spacial score (nSPS) is 32.5. The molecule has 0 aromatic carbocycles. The zero-order valence-corrected chi connectivity index (χ0v) is 9.90. The standard InChI is InChI=1S/C11H18N2O4/c1-2-16-11-8(6-9(14)17-11)13-10(15)7-4-3-5-12-7/h7-8,11-12H,2-6H2,1H3,(H,13,15)/t7-,8?,11+/m0/s1. The number of cyclic esters (lactones) is 1. The molecule has 6 heteroatoms. The van der Waals surface area contributed by atoms with Crippen LogP contribution >= 0.6 is 0 Å². The third-order valence-electron chi connectivity index (χ3n) is 3.00. The third kappa shape index (κ3) is 2.95. The number of hydrogen-bond acceptors (Lipinski definition) is 5. The van der Waals surface area contributed by atoms with Crippen LogP contribution in [-0.4, -0.2) is 43.4 Å². The lowest BCUT2D eigenvalue weighted by Gasteiger charge is -2.20. The van der Waals surface area contributed by atoms with Gasteiger partial charge in [-0.15, -0.1) is 0 Å². The predicted octanol–water partition coefficient (Wildman–Crippen LogP) is -0.467. The maximum absolute atomic E-state index is 11.9. The second kappa shape index (κ2) is 5.46. The van der Waals surface area contributed by atoms with Gasteiger partial charge in [-0.3, -0.25) is 9.59 Å². The van der Waals surface area contributed by atoms with Crippen LogP contribution in [0.1, 0.15) is 26.2 Å². The summed E-state index contributed by atoms with van der Waals surface area (Å²) in [6.07, 6.45) is 1.39. The summed E-state index contributed by atoms with van der Waals surface area (Å²) in [6.45, 7) is 3.14. The zero-order valence-electron chi connectivity index (χ0n) is 9.90. The largest absolute Gasteiger partial charge is 0.433 e. The van der Waals surface area contributed by atoms with Crippen LogP contribution in [0.25, 0.3) is 0 Å². The van der Waals surface area contributed by atoms with Crippen LogP contribution < -0.4 is 10.6 Å². The van der Waals surface area contributed by atoms with Crippen molar-refractivity contribution in [3.8, 4) is 0 Å². The molecule has 0 saturated carbocycles. The Hall–Kier alpha value is -1.14. The summed E-state index contributed by atoms with van der Waals surface area (Å²) in [5, 5.41) is 5.92. The summed E-state index contributed by atoms with van der Waals surface area (Å²) in [7, 11) is 0. The Bertz CT molecular complexity index is 302. The van der Waals surface area contributed by atoms with Gasteiger partial charge in [0.1, 0.15) is 6.04 Å². The minimum Gasteiger partial charge on any atom is -0.433 e. The molecule has 0 bridgehead atoms. The fourth-order valence-corrected chi connectivity index (χ4v) is 2.16. The molecule has 0 aliphatic carbocycles. The molecule has 2 N–H and O–H groups in total. The molecule has 2 aliphatic rings. The average Bonchev–Trinajstić information content (AvgIpc) is 2.89. The number of nitrogens with one attached hydrogen (secondary N) is 2. The molecule has 0 radical (unpaired) electrons. The van der Waals surface area contributed by atoms with E-state index in [0.29, 0.717) is 6.61 Å². The van der Waals surface area contributed by atoms with E-state index >= 15 is 0 Å². The van der Waals surface area contributed by atoms with Crippen molar-refractivity contribution in [3.63, 3.8) is 0 Å². The van der Waals surface area contributed by atoms with Crippen LogP contribution in [0.15, 0.2) is 0 Å². The molecule has 2 rings (SSSR count). The van der Waals surface area contributed by atoms with Crippen molar-refractivity contribution in [1.29, 1.82) is 0 Å². The number of carbonyl (C=O) groups is 2. The Labute approximate surface area is 100 Å². The van der Waals surface area contributed by atoms with E-state index in [1.54, 1.807) is 0 Å². The minimum atomic E-state index is -0.641. The number of rotatable bonds is 4. The summed E-state index contributed by atoms with van der Waals surface area (Å²) in [4.78, 5) is 23.0. The minimum absolute atomic E-state index is 0.0736. The quantitative estimate of drug-likeness (QED) is 0.652. The van der Waals surface area contributed by atoms with Gasteiger partial charge in [-0.1, -0.05) is 0 Å². The van der Waals surface area contributed by atoms with Crippen LogP contribution in [0.3, 0.4) is 0 Å². The van der Waals surface area contributed by atoms with Crippen molar-refractivity contribution in [1.82, 2.24) is 10.6 Å². The maximum atomic E-state index is 11.9. The van der Waals surface area contributed by atoms with Crippen molar-refractivity contribution < 1.29 is 19.1 Å². The fourth-order valence-electron chi connectivity index (χ4n) is 2.16. The highest BCUT2D eigenvalue weighted by Gasteiger charge is 2.37. The van der Waals surface area contributed by atoms with E-state index in [-0.39, 0.29) is 30.4 Å². The number of amides is 1. The van der Waals surface area contributed by atoms with Crippen molar-refractivity contribution in [2.45, 2.75) is 44.6 Å². The van der Waals surface area contributed by atoms with Gasteiger partial charge in [0.2, 0.25) is 12.2 Å². The molecular weight excluding hydrogens is 224 g/mol. The summed E-state index contributed by atoms with van der Waals surface area (Å²) in [5.41, 5.74) is 0. The molecule has 1 amide bonds. The van der Waals surface area contributed by atoms with E-state index in [0.717, 1.165) is 19.4 Å². The van der Waals surface area contributed by atoms with Gasteiger partial charge in [0.25, 0.3) is 0 Å². The monoisotopic (exact) mass is 242 g/mol. The van der Waals surface area contributed by atoms with Crippen LogP contribution in [-0.2, 0) is 19.1 Å². The zero-order chi connectivity index (χ0) is 12.3. The van der Waals surface area contributed by atoms with Crippen molar-refractivity contribution in [2.24, 2.45) is 0 Å². The summed E-state index contributed by atoms with van der Waals surface area (Å²) in [5.74, 6) is -0.399. The molecule has 0 spiro atoms. The highest BCUT2D eigenvalue weighted by atomic mass is 16.7. The Morgan fingerprint density at radius 2 is 2.47 bits per heavy atom. The SMILES string of the molecule is CCO[C@@H]1OC(=O)CC1NC(=O)[C@@H]1CCCN1. The number of hydrogen-bond donors (Lipinski definition) is 2. The van der Waals surface area contributed by atoms with Crippen LogP contribution in [0.4, 0.5) is 0 Å². The Morgan fingerprint density at radius 1 is 1.65 bits per heavy atom. The van der Waals surface area contributed by atoms with E-state index in [2.05, 4.69) is 10.6 Å². The molecule has 96 valence electrons. The van der Waals surface area contributed by atoms with Crippen molar-refractivity contribution in [3.05, 3.63) is 0 Å². The van der Waals surface area contributed by atoms with Gasteiger partial charge in [0.05, 0.1) is 12.5 Å². The highest BCUT2D eigenvalue weighted by molar-refractivity contribution is 5.83.